The molecule has 2 aromatic heterocycles. The van der Waals surface area contributed by atoms with E-state index in [2.05, 4.69) is 20.0 Å². The van der Waals surface area contributed by atoms with Gasteiger partial charge in [0.05, 0.1) is 29.1 Å². The first-order valence-electron chi connectivity index (χ1n) is 13.1. The summed E-state index contributed by atoms with van der Waals surface area (Å²) in [6.07, 6.45) is 3.95. The Morgan fingerprint density at radius 1 is 0.561 bits per heavy atom. The van der Waals surface area contributed by atoms with Crippen LogP contribution in [0.2, 0.25) is 0 Å². The largest absolute Gasteiger partial charge is 0.494 e. The lowest BCUT2D eigenvalue weighted by Gasteiger charge is -1.98. The highest BCUT2D eigenvalue weighted by molar-refractivity contribution is 6.03. The number of aliphatic hydroxyl groups excluding tert-OH is 2. The van der Waals surface area contributed by atoms with Crippen LogP contribution in [0.25, 0.3) is 21.8 Å². The number of nitrogens with one attached hydrogen (secondary N) is 2. The SMILES string of the molecule is OCCc1ccc(N=Cc2c(O)[nH]c3ccccc23)cc1.OCc1ccc(N=Cc2c(O)[nH]c3ccccc23)cc1. The van der Waals surface area contributed by atoms with Gasteiger partial charge in [-0.1, -0.05) is 60.7 Å². The molecular weight excluding hydrogens is 516 g/mol. The van der Waals surface area contributed by atoms with Crippen LogP contribution >= 0.6 is 0 Å². The molecule has 4 aromatic carbocycles. The maximum atomic E-state index is 9.95. The number of aliphatic imine (C=N–C) groups is 2. The first-order chi connectivity index (χ1) is 20.1. The molecule has 0 saturated heterocycles. The predicted octanol–water partition coefficient (Wildman–Crippen LogP) is 6.28. The van der Waals surface area contributed by atoms with E-state index in [4.69, 9.17) is 10.2 Å². The van der Waals surface area contributed by atoms with Crippen molar-refractivity contribution in [1.82, 2.24) is 9.97 Å². The van der Waals surface area contributed by atoms with Crippen LogP contribution in [0.4, 0.5) is 11.4 Å². The van der Waals surface area contributed by atoms with Gasteiger partial charge >= 0.3 is 0 Å². The minimum atomic E-state index is 0.0211. The molecule has 41 heavy (non-hydrogen) atoms. The van der Waals surface area contributed by atoms with Crippen LogP contribution in [0.5, 0.6) is 11.8 Å². The Kier molecular flexibility index (Phi) is 8.54. The van der Waals surface area contributed by atoms with Crippen molar-refractivity contribution in [3.05, 3.63) is 119 Å². The van der Waals surface area contributed by atoms with E-state index in [9.17, 15) is 10.2 Å². The third-order valence-corrected chi connectivity index (χ3v) is 6.59. The Labute approximate surface area is 236 Å². The van der Waals surface area contributed by atoms with Crippen LogP contribution in [0.15, 0.2) is 107 Å². The van der Waals surface area contributed by atoms with Gasteiger partial charge in [0.2, 0.25) is 0 Å². The van der Waals surface area contributed by atoms with E-state index >= 15 is 0 Å². The maximum absolute atomic E-state index is 9.95. The van der Waals surface area contributed by atoms with Crippen molar-refractivity contribution < 1.29 is 20.4 Å². The summed E-state index contributed by atoms with van der Waals surface area (Å²) >= 11 is 0. The summed E-state index contributed by atoms with van der Waals surface area (Å²) in [6.45, 7) is 0.166. The number of hydrogen-bond acceptors (Lipinski definition) is 6. The number of aromatic nitrogens is 2. The van der Waals surface area contributed by atoms with Gasteiger partial charge in [0.15, 0.2) is 11.8 Å². The Bertz CT molecular complexity index is 1800. The summed E-state index contributed by atoms with van der Waals surface area (Å²) in [6, 6.07) is 30.3. The van der Waals surface area contributed by atoms with E-state index in [-0.39, 0.29) is 25.0 Å². The van der Waals surface area contributed by atoms with Crippen molar-refractivity contribution in [3.8, 4) is 11.8 Å². The van der Waals surface area contributed by atoms with Gasteiger partial charge in [-0.15, -0.1) is 0 Å². The monoisotopic (exact) mass is 546 g/mol. The molecule has 6 N–H and O–H groups in total. The Hall–Kier alpha value is -5.18. The molecule has 0 aliphatic carbocycles. The van der Waals surface area contributed by atoms with Crippen molar-refractivity contribution in [3.63, 3.8) is 0 Å². The van der Waals surface area contributed by atoms with Gasteiger partial charge in [-0.25, -0.2) is 0 Å². The molecule has 0 saturated carbocycles. The summed E-state index contributed by atoms with van der Waals surface area (Å²) in [5, 5.41) is 39.6. The van der Waals surface area contributed by atoms with Crippen LogP contribution in [0, 0.1) is 0 Å². The molecular formula is C33H30N4O4. The zero-order valence-electron chi connectivity index (χ0n) is 22.2. The fourth-order valence-electron chi connectivity index (χ4n) is 4.40. The quantitative estimate of drug-likeness (QED) is 0.131. The number of rotatable bonds is 7. The predicted molar refractivity (Wildman–Crippen MR) is 164 cm³/mol. The van der Waals surface area contributed by atoms with E-state index < -0.39 is 0 Å². The van der Waals surface area contributed by atoms with Crippen LogP contribution in [0.1, 0.15) is 22.3 Å². The zero-order valence-corrected chi connectivity index (χ0v) is 22.2. The van der Waals surface area contributed by atoms with Gasteiger partial charge in [0.1, 0.15) is 0 Å². The van der Waals surface area contributed by atoms with E-state index in [0.29, 0.717) is 17.5 Å². The molecule has 0 amide bonds. The van der Waals surface area contributed by atoms with Gasteiger partial charge in [-0.05, 0) is 53.9 Å². The summed E-state index contributed by atoms with van der Waals surface area (Å²) in [5.41, 5.74) is 6.62. The zero-order chi connectivity index (χ0) is 28.6. The molecule has 0 spiro atoms. The number of aromatic hydroxyl groups is 2. The minimum Gasteiger partial charge on any atom is -0.494 e. The number of hydrogen-bond donors (Lipinski definition) is 6. The first-order valence-corrected chi connectivity index (χ1v) is 13.1. The van der Waals surface area contributed by atoms with Crippen LogP contribution in [-0.4, -0.2) is 49.4 Å². The summed E-state index contributed by atoms with van der Waals surface area (Å²) in [5.74, 6) is 0.235. The number of fused-ring (bicyclic) bond motifs is 2. The van der Waals surface area contributed by atoms with E-state index in [1.165, 1.54) is 0 Å². The standard InChI is InChI=1S/C17H16N2O2.C16H14N2O2/c20-10-9-12-5-7-13(8-6-12)18-11-15-14-3-1-2-4-16(14)19-17(15)21;19-10-11-5-7-12(8-6-11)17-9-14-13-3-1-2-4-15(13)18-16(14)20/h1-8,11,19-21H,9-10H2;1-9,18-20H,10H2. The summed E-state index contributed by atoms with van der Waals surface area (Å²) in [7, 11) is 0. The minimum absolute atomic E-state index is 0.0211. The number of H-pyrrole nitrogens is 2. The number of para-hydroxylation sites is 2. The summed E-state index contributed by atoms with van der Waals surface area (Å²) in [4.78, 5) is 14.6. The molecule has 6 rings (SSSR count). The van der Waals surface area contributed by atoms with Crippen LogP contribution < -0.4 is 0 Å². The molecule has 0 aliphatic rings. The Morgan fingerprint density at radius 3 is 1.44 bits per heavy atom. The Morgan fingerprint density at radius 2 is 1.00 bits per heavy atom. The second-order valence-electron chi connectivity index (χ2n) is 9.35. The normalized spacial score (nSPS) is 11.5. The number of aromatic amines is 2. The third kappa shape index (κ3) is 6.52. The van der Waals surface area contributed by atoms with Crippen molar-refractivity contribution in [2.45, 2.75) is 13.0 Å². The fraction of sp³-hybridized carbons (Fsp3) is 0.0909. The molecule has 2 heterocycles. The van der Waals surface area contributed by atoms with Gasteiger partial charge in [-0.3, -0.25) is 9.98 Å². The molecule has 0 unspecified atom stereocenters. The molecule has 0 aliphatic heterocycles. The third-order valence-electron chi connectivity index (χ3n) is 6.59. The first kappa shape index (κ1) is 27.4. The molecule has 8 nitrogen and oxygen atoms in total. The molecule has 0 bridgehead atoms. The lowest BCUT2D eigenvalue weighted by Crippen LogP contribution is -1.88. The van der Waals surface area contributed by atoms with Gasteiger partial charge < -0.3 is 30.4 Å². The highest BCUT2D eigenvalue weighted by atomic mass is 16.3. The second-order valence-corrected chi connectivity index (χ2v) is 9.35. The van der Waals surface area contributed by atoms with Crippen molar-refractivity contribution >= 4 is 45.6 Å². The molecule has 6 aromatic rings. The van der Waals surface area contributed by atoms with E-state index in [1.54, 1.807) is 12.4 Å². The van der Waals surface area contributed by atoms with Crippen molar-refractivity contribution in [1.29, 1.82) is 0 Å². The highest BCUT2D eigenvalue weighted by Crippen LogP contribution is 2.27. The van der Waals surface area contributed by atoms with E-state index in [1.807, 2.05) is 97.1 Å². The fourth-order valence-corrected chi connectivity index (χ4v) is 4.40. The van der Waals surface area contributed by atoms with Gasteiger partial charge in [-0.2, -0.15) is 0 Å². The molecule has 0 fully saturated rings. The smallest absolute Gasteiger partial charge is 0.198 e. The van der Waals surface area contributed by atoms with Gasteiger partial charge in [0, 0.05) is 40.8 Å². The second kappa shape index (κ2) is 12.8. The lowest BCUT2D eigenvalue weighted by atomic mass is 10.1. The summed E-state index contributed by atoms with van der Waals surface area (Å²) < 4.78 is 0. The van der Waals surface area contributed by atoms with Crippen molar-refractivity contribution in [2.24, 2.45) is 9.98 Å². The molecule has 206 valence electrons. The van der Waals surface area contributed by atoms with E-state index in [0.717, 1.165) is 44.3 Å². The number of nitrogens with zero attached hydrogens (tertiary/aromatic N) is 2. The average molecular weight is 547 g/mol. The molecule has 8 heteroatoms. The Balaban J connectivity index is 0.000000165. The lowest BCUT2D eigenvalue weighted by molar-refractivity contribution is 0.282. The molecule has 0 atom stereocenters. The topological polar surface area (TPSA) is 137 Å². The number of benzene rings is 4. The van der Waals surface area contributed by atoms with Gasteiger partial charge in [0.25, 0.3) is 0 Å². The number of aliphatic hydroxyl groups is 2. The average Bonchev–Trinajstić information content (AvgIpc) is 3.50. The highest BCUT2D eigenvalue weighted by Gasteiger charge is 2.08. The van der Waals surface area contributed by atoms with Crippen LogP contribution in [0.3, 0.4) is 0 Å². The van der Waals surface area contributed by atoms with Crippen LogP contribution in [-0.2, 0) is 13.0 Å². The van der Waals surface area contributed by atoms with Crippen molar-refractivity contribution in [2.75, 3.05) is 6.61 Å². The molecule has 0 radical (unpaired) electrons. The maximum Gasteiger partial charge on any atom is 0.198 e.